The molecule has 0 radical (unpaired) electrons. The average Bonchev–Trinajstić information content (AvgIpc) is 2.95. The van der Waals surface area contributed by atoms with E-state index in [9.17, 15) is 9.59 Å². The quantitative estimate of drug-likeness (QED) is 0.415. The molecule has 0 unspecified atom stereocenters. The first-order chi connectivity index (χ1) is 7.16. The number of rotatable bonds is 2. The van der Waals surface area contributed by atoms with Gasteiger partial charge in [-0.2, -0.15) is 0 Å². The minimum absolute atomic E-state index is 0. The molecule has 3 amide bonds. The van der Waals surface area contributed by atoms with Gasteiger partial charge in [0.15, 0.2) is 6.03 Å². The van der Waals surface area contributed by atoms with Crippen LogP contribution in [0.2, 0.25) is 0 Å². The predicted molar refractivity (Wildman–Crippen MR) is 53.0 cm³/mol. The zero-order chi connectivity index (χ0) is 10.6. The molecular weight excluding hydrogens is 217 g/mol. The van der Waals surface area contributed by atoms with Gasteiger partial charge in [0.25, 0.3) is 0 Å². The van der Waals surface area contributed by atoms with Gasteiger partial charge in [-0.15, -0.1) is 0 Å². The smallest absolute Gasteiger partial charge is 0.423 e. The van der Waals surface area contributed by atoms with Gasteiger partial charge in [0.2, 0.25) is 5.91 Å². The third-order valence-corrected chi connectivity index (χ3v) is 3.24. The zero-order valence-electron chi connectivity index (χ0n) is 9.22. The number of urea groups is 1. The van der Waals surface area contributed by atoms with Gasteiger partial charge in [-0.1, -0.05) is 11.6 Å². The number of fused-ring (bicyclic) bond motifs is 2. The van der Waals surface area contributed by atoms with Crippen molar-refractivity contribution in [2.24, 2.45) is 11.7 Å². The Labute approximate surface area is 116 Å². The molecule has 0 aromatic carbocycles. The number of amides is 3. The molecule has 1 aliphatic carbocycles. The SMILES string of the molecule is NC(=O)[C@@H]1C(C2CC2)=C[C@@H]2CN1C(=O)[N-]2.[Na+]. The number of carbonyl (C=O) groups is 2. The minimum Gasteiger partial charge on any atom is -0.423 e. The van der Waals surface area contributed by atoms with Gasteiger partial charge in [-0.25, -0.2) is 0 Å². The van der Waals surface area contributed by atoms with Gasteiger partial charge in [-0.3, -0.25) is 9.59 Å². The Hall–Kier alpha value is -0.520. The summed E-state index contributed by atoms with van der Waals surface area (Å²) >= 11 is 0. The fraction of sp³-hybridized carbons (Fsp3) is 0.600. The van der Waals surface area contributed by atoms with E-state index in [-0.39, 0.29) is 41.6 Å². The molecule has 3 rings (SSSR count). The van der Waals surface area contributed by atoms with Crippen molar-refractivity contribution >= 4 is 11.9 Å². The number of primary amides is 1. The van der Waals surface area contributed by atoms with Gasteiger partial charge in [0.1, 0.15) is 0 Å². The predicted octanol–water partition coefficient (Wildman–Crippen LogP) is -2.63. The summed E-state index contributed by atoms with van der Waals surface area (Å²) in [5.41, 5.74) is 6.38. The van der Waals surface area contributed by atoms with Crippen LogP contribution in [0.25, 0.3) is 5.32 Å². The Balaban J connectivity index is 0.000000963. The van der Waals surface area contributed by atoms with Gasteiger partial charge in [0, 0.05) is 0 Å². The number of nitrogens with zero attached hydrogens (tertiary/aromatic N) is 2. The van der Waals surface area contributed by atoms with Crippen molar-refractivity contribution < 1.29 is 39.1 Å². The molecule has 2 bridgehead atoms. The van der Waals surface area contributed by atoms with E-state index >= 15 is 0 Å². The summed E-state index contributed by atoms with van der Waals surface area (Å²) in [5.74, 6) is 0.0194. The first kappa shape index (κ1) is 12.0. The summed E-state index contributed by atoms with van der Waals surface area (Å²) in [5, 5.41) is 3.95. The van der Waals surface area contributed by atoms with Crippen LogP contribution >= 0.6 is 0 Å². The zero-order valence-corrected chi connectivity index (χ0v) is 11.2. The second-order valence-corrected chi connectivity index (χ2v) is 4.38. The standard InChI is InChI=1S/C10H13N3O2.Na/c11-9(14)8-7(5-1-2-5)3-6-4-13(8)10(15)12-6;/h3,5-6,8H,1-2,4H2,(H3,11,12,14,15);/q;+1/p-1/t6-,8+;/m1./s1. The largest absolute Gasteiger partial charge is 1.00 e. The van der Waals surface area contributed by atoms with Crippen LogP contribution in [0.5, 0.6) is 0 Å². The topological polar surface area (TPSA) is 77.5 Å². The molecule has 2 N–H and O–H groups in total. The maximum absolute atomic E-state index is 11.5. The van der Waals surface area contributed by atoms with E-state index in [1.54, 1.807) is 0 Å². The van der Waals surface area contributed by atoms with E-state index < -0.39 is 11.9 Å². The monoisotopic (exact) mass is 229 g/mol. The number of hydrogen-bond donors (Lipinski definition) is 1. The van der Waals surface area contributed by atoms with Crippen LogP contribution in [0, 0.1) is 5.92 Å². The summed E-state index contributed by atoms with van der Waals surface area (Å²) in [6.45, 7) is 0.517. The van der Waals surface area contributed by atoms with Crippen molar-refractivity contribution in [2.75, 3.05) is 6.54 Å². The molecule has 5 nitrogen and oxygen atoms in total. The molecule has 0 aromatic rings. The fourth-order valence-electron chi connectivity index (χ4n) is 2.43. The molecule has 0 spiro atoms. The Kier molecular flexibility index (Phi) is 3.03. The van der Waals surface area contributed by atoms with Gasteiger partial charge in [0.05, 0.1) is 6.04 Å². The van der Waals surface area contributed by atoms with E-state index in [1.165, 1.54) is 4.90 Å². The van der Waals surface area contributed by atoms with Crippen molar-refractivity contribution in [2.45, 2.75) is 24.9 Å². The molecule has 2 fully saturated rings. The van der Waals surface area contributed by atoms with E-state index in [0.717, 1.165) is 18.4 Å². The van der Waals surface area contributed by atoms with E-state index in [1.807, 2.05) is 6.08 Å². The van der Waals surface area contributed by atoms with Crippen LogP contribution < -0.4 is 35.3 Å². The Morgan fingerprint density at radius 2 is 2.19 bits per heavy atom. The molecule has 1 saturated carbocycles. The van der Waals surface area contributed by atoms with E-state index in [0.29, 0.717) is 12.5 Å². The second-order valence-electron chi connectivity index (χ2n) is 4.38. The molecule has 2 aliphatic heterocycles. The summed E-state index contributed by atoms with van der Waals surface area (Å²) < 4.78 is 0. The van der Waals surface area contributed by atoms with Crippen LogP contribution in [0.15, 0.2) is 11.6 Å². The van der Waals surface area contributed by atoms with Gasteiger partial charge >= 0.3 is 29.6 Å². The van der Waals surface area contributed by atoms with Crippen molar-refractivity contribution in [3.05, 3.63) is 17.0 Å². The van der Waals surface area contributed by atoms with Crippen molar-refractivity contribution in [1.29, 1.82) is 0 Å². The van der Waals surface area contributed by atoms with Gasteiger partial charge in [-0.05, 0) is 31.3 Å². The summed E-state index contributed by atoms with van der Waals surface area (Å²) in [6.07, 6.45) is 4.17. The summed E-state index contributed by atoms with van der Waals surface area (Å²) in [7, 11) is 0. The molecule has 1 saturated heterocycles. The molecule has 2 heterocycles. The molecule has 3 aliphatic rings. The van der Waals surface area contributed by atoms with Crippen LogP contribution in [0.1, 0.15) is 12.8 Å². The third-order valence-electron chi connectivity index (χ3n) is 3.24. The van der Waals surface area contributed by atoms with Crippen molar-refractivity contribution in [1.82, 2.24) is 4.90 Å². The average molecular weight is 229 g/mol. The first-order valence-electron chi connectivity index (χ1n) is 5.19. The van der Waals surface area contributed by atoms with Crippen LogP contribution in [0.3, 0.4) is 0 Å². The summed E-state index contributed by atoms with van der Waals surface area (Å²) in [6, 6.07) is -0.883. The number of hydrogen-bond acceptors (Lipinski definition) is 2. The molecule has 16 heavy (non-hydrogen) atoms. The normalized spacial score (nSPS) is 31.6. The summed E-state index contributed by atoms with van der Waals surface area (Å²) in [4.78, 5) is 24.4. The fourth-order valence-corrected chi connectivity index (χ4v) is 2.43. The molecule has 2 atom stereocenters. The molecule has 0 aromatic heterocycles. The van der Waals surface area contributed by atoms with Crippen LogP contribution in [-0.4, -0.2) is 35.5 Å². The van der Waals surface area contributed by atoms with E-state index in [2.05, 4.69) is 5.32 Å². The molecule has 6 heteroatoms. The maximum Gasteiger partial charge on any atom is 1.00 e. The molecular formula is C10H12N3NaO2. The van der Waals surface area contributed by atoms with Crippen LogP contribution in [0.4, 0.5) is 4.79 Å². The van der Waals surface area contributed by atoms with E-state index in [4.69, 9.17) is 5.73 Å². The van der Waals surface area contributed by atoms with Gasteiger partial charge < -0.3 is 16.0 Å². The van der Waals surface area contributed by atoms with Crippen molar-refractivity contribution in [3.8, 4) is 0 Å². The Bertz CT molecular complexity index is 378. The maximum atomic E-state index is 11.5. The van der Waals surface area contributed by atoms with Crippen LogP contribution in [-0.2, 0) is 4.79 Å². The Morgan fingerprint density at radius 1 is 1.50 bits per heavy atom. The first-order valence-corrected chi connectivity index (χ1v) is 5.19. The minimum atomic E-state index is -0.535. The third kappa shape index (κ3) is 1.77. The Morgan fingerprint density at radius 3 is 2.75 bits per heavy atom. The number of carbonyl (C=O) groups excluding carboxylic acids is 2. The number of nitrogens with two attached hydrogens (primary N) is 1. The second kappa shape index (κ2) is 4.05. The molecule has 80 valence electrons. The van der Waals surface area contributed by atoms with Crippen molar-refractivity contribution in [3.63, 3.8) is 0 Å².